The fourth-order valence-electron chi connectivity index (χ4n) is 2.57. The predicted octanol–water partition coefficient (Wildman–Crippen LogP) is 2.32. The molecule has 1 heterocycles. The summed E-state index contributed by atoms with van der Waals surface area (Å²) < 4.78 is 5.14. The standard InChI is InChI=1S/C13H18N2O2/c16-11(10-3-1-2-4-10)8-13-14-12(15-17-13)7-9-5-6-9/h9-10H,1-8H2. The Hall–Kier alpha value is -1.19. The third kappa shape index (κ3) is 2.73. The minimum Gasteiger partial charge on any atom is -0.339 e. The number of ketones is 1. The first kappa shape index (κ1) is 10.9. The van der Waals surface area contributed by atoms with E-state index in [1.807, 2.05) is 0 Å². The summed E-state index contributed by atoms with van der Waals surface area (Å²) in [5.74, 6) is 2.57. The quantitative estimate of drug-likeness (QED) is 0.784. The Kier molecular flexibility index (Phi) is 2.95. The number of rotatable bonds is 5. The van der Waals surface area contributed by atoms with E-state index >= 15 is 0 Å². The zero-order valence-corrected chi connectivity index (χ0v) is 10.0. The number of hydrogen-bond donors (Lipinski definition) is 0. The molecule has 2 aliphatic rings. The summed E-state index contributed by atoms with van der Waals surface area (Å²) in [4.78, 5) is 16.2. The van der Waals surface area contributed by atoms with E-state index < -0.39 is 0 Å². The van der Waals surface area contributed by atoms with Crippen molar-refractivity contribution in [2.45, 2.75) is 51.4 Å². The van der Waals surface area contributed by atoms with Gasteiger partial charge in [-0.3, -0.25) is 4.79 Å². The van der Waals surface area contributed by atoms with Crippen molar-refractivity contribution in [3.05, 3.63) is 11.7 Å². The van der Waals surface area contributed by atoms with Gasteiger partial charge >= 0.3 is 0 Å². The average Bonchev–Trinajstić information content (AvgIpc) is 2.83. The molecule has 0 radical (unpaired) electrons. The molecule has 2 fully saturated rings. The third-order valence-corrected chi connectivity index (χ3v) is 3.81. The third-order valence-electron chi connectivity index (χ3n) is 3.81. The summed E-state index contributed by atoms with van der Waals surface area (Å²) in [7, 11) is 0. The van der Waals surface area contributed by atoms with Crippen LogP contribution in [-0.2, 0) is 17.6 Å². The molecule has 4 heteroatoms. The summed E-state index contributed by atoms with van der Waals surface area (Å²) in [6, 6.07) is 0. The fraction of sp³-hybridized carbons (Fsp3) is 0.769. The van der Waals surface area contributed by atoms with Crippen LogP contribution in [0, 0.1) is 11.8 Å². The van der Waals surface area contributed by atoms with Gasteiger partial charge in [-0.25, -0.2) is 0 Å². The van der Waals surface area contributed by atoms with Crippen LogP contribution in [0.25, 0.3) is 0 Å². The van der Waals surface area contributed by atoms with E-state index in [0.29, 0.717) is 12.3 Å². The van der Waals surface area contributed by atoms with Crippen LogP contribution in [0.15, 0.2) is 4.52 Å². The van der Waals surface area contributed by atoms with Crippen LogP contribution in [0.4, 0.5) is 0 Å². The lowest BCUT2D eigenvalue weighted by Crippen LogP contribution is -2.13. The first-order valence-electron chi connectivity index (χ1n) is 6.65. The Morgan fingerprint density at radius 2 is 2.00 bits per heavy atom. The van der Waals surface area contributed by atoms with Gasteiger partial charge in [0.05, 0.1) is 6.42 Å². The van der Waals surface area contributed by atoms with Gasteiger partial charge in [0.2, 0.25) is 5.89 Å². The number of hydrogen-bond acceptors (Lipinski definition) is 4. The molecule has 1 aromatic rings. The molecule has 0 spiro atoms. The van der Waals surface area contributed by atoms with Gasteiger partial charge in [-0.2, -0.15) is 4.98 Å². The highest BCUT2D eigenvalue weighted by Gasteiger charge is 2.26. The minimum absolute atomic E-state index is 0.244. The molecule has 2 saturated carbocycles. The molecule has 0 saturated heterocycles. The van der Waals surface area contributed by atoms with Crippen molar-refractivity contribution in [2.75, 3.05) is 0 Å². The maximum atomic E-state index is 11.9. The van der Waals surface area contributed by atoms with E-state index in [4.69, 9.17) is 4.52 Å². The van der Waals surface area contributed by atoms with Crippen LogP contribution in [0.3, 0.4) is 0 Å². The maximum Gasteiger partial charge on any atom is 0.234 e. The van der Waals surface area contributed by atoms with Crippen molar-refractivity contribution in [3.63, 3.8) is 0 Å². The van der Waals surface area contributed by atoms with Crippen LogP contribution in [0.1, 0.15) is 50.2 Å². The van der Waals surface area contributed by atoms with Gasteiger partial charge in [-0.1, -0.05) is 18.0 Å². The lowest BCUT2D eigenvalue weighted by Gasteiger charge is -2.04. The average molecular weight is 234 g/mol. The van der Waals surface area contributed by atoms with Crippen LogP contribution < -0.4 is 0 Å². The zero-order valence-electron chi connectivity index (χ0n) is 10.0. The maximum absolute atomic E-state index is 11.9. The SMILES string of the molecule is O=C(Cc1nc(CC2CC2)no1)C1CCCC1. The van der Waals surface area contributed by atoms with E-state index in [1.54, 1.807) is 0 Å². The topological polar surface area (TPSA) is 56.0 Å². The Bertz CT molecular complexity index is 403. The molecule has 3 rings (SSSR count). The molecule has 2 aliphatic carbocycles. The number of Topliss-reactive ketones (excluding diaryl/α,β-unsaturated/α-hetero) is 1. The van der Waals surface area contributed by atoms with E-state index in [9.17, 15) is 4.79 Å². The molecule has 0 atom stereocenters. The largest absolute Gasteiger partial charge is 0.339 e. The number of carbonyl (C=O) groups is 1. The predicted molar refractivity (Wildman–Crippen MR) is 61.4 cm³/mol. The molecule has 17 heavy (non-hydrogen) atoms. The molecule has 0 unspecified atom stereocenters. The number of aromatic nitrogens is 2. The van der Waals surface area contributed by atoms with Crippen LogP contribution in [-0.4, -0.2) is 15.9 Å². The highest BCUT2D eigenvalue weighted by molar-refractivity contribution is 5.82. The Morgan fingerprint density at radius 1 is 1.24 bits per heavy atom. The summed E-state index contributed by atoms with van der Waals surface area (Å²) in [6.45, 7) is 0. The first-order chi connectivity index (χ1) is 8.31. The normalized spacial score (nSPS) is 20.9. The van der Waals surface area contributed by atoms with Gasteiger partial charge in [-0.05, 0) is 31.6 Å². The molecule has 0 aromatic carbocycles. The van der Waals surface area contributed by atoms with Gasteiger partial charge < -0.3 is 4.52 Å². The van der Waals surface area contributed by atoms with Crippen LogP contribution in [0.5, 0.6) is 0 Å². The second kappa shape index (κ2) is 4.59. The van der Waals surface area contributed by atoms with E-state index in [0.717, 1.165) is 31.0 Å². The van der Waals surface area contributed by atoms with E-state index in [1.165, 1.54) is 25.7 Å². The van der Waals surface area contributed by atoms with Crippen LogP contribution in [0.2, 0.25) is 0 Å². The van der Waals surface area contributed by atoms with Crippen molar-refractivity contribution >= 4 is 5.78 Å². The second-order valence-corrected chi connectivity index (χ2v) is 5.38. The Balaban J connectivity index is 1.56. The summed E-state index contributed by atoms with van der Waals surface area (Å²) in [5, 5.41) is 3.94. The van der Waals surface area contributed by atoms with E-state index in [2.05, 4.69) is 10.1 Å². The molecule has 1 aromatic heterocycles. The molecular weight excluding hydrogens is 216 g/mol. The molecule has 92 valence electrons. The zero-order chi connectivity index (χ0) is 11.7. The van der Waals surface area contributed by atoms with Crippen molar-refractivity contribution in [1.29, 1.82) is 0 Å². The van der Waals surface area contributed by atoms with Gasteiger partial charge in [-0.15, -0.1) is 0 Å². The van der Waals surface area contributed by atoms with Crippen molar-refractivity contribution in [2.24, 2.45) is 11.8 Å². The summed E-state index contributed by atoms with van der Waals surface area (Å²) in [6.07, 6.45) is 8.28. The Morgan fingerprint density at radius 3 is 2.71 bits per heavy atom. The molecule has 0 amide bonds. The van der Waals surface area contributed by atoms with E-state index in [-0.39, 0.29) is 11.7 Å². The van der Waals surface area contributed by atoms with Crippen molar-refractivity contribution in [3.8, 4) is 0 Å². The molecule has 0 aliphatic heterocycles. The smallest absolute Gasteiger partial charge is 0.234 e. The van der Waals surface area contributed by atoms with Gasteiger partial charge in [0.25, 0.3) is 0 Å². The minimum atomic E-state index is 0.244. The number of nitrogens with zero attached hydrogens (tertiary/aromatic N) is 2. The van der Waals surface area contributed by atoms with Crippen molar-refractivity contribution < 1.29 is 9.32 Å². The summed E-state index contributed by atoms with van der Waals surface area (Å²) in [5.41, 5.74) is 0. The lowest BCUT2D eigenvalue weighted by molar-refractivity contribution is -0.122. The fourth-order valence-corrected chi connectivity index (χ4v) is 2.57. The highest BCUT2D eigenvalue weighted by Crippen LogP contribution is 2.31. The molecular formula is C13H18N2O2. The molecule has 4 nitrogen and oxygen atoms in total. The molecule has 0 bridgehead atoms. The lowest BCUT2D eigenvalue weighted by atomic mass is 10.0. The first-order valence-corrected chi connectivity index (χ1v) is 6.65. The van der Waals surface area contributed by atoms with Gasteiger partial charge in [0.15, 0.2) is 5.82 Å². The van der Waals surface area contributed by atoms with Crippen LogP contribution >= 0.6 is 0 Å². The monoisotopic (exact) mass is 234 g/mol. The second-order valence-electron chi connectivity index (χ2n) is 5.38. The van der Waals surface area contributed by atoms with Gasteiger partial charge in [0, 0.05) is 12.3 Å². The van der Waals surface area contributed by atoms with Crippen molar-refractivity contribution in [1.82, 2.24) is 10.1 Å². The number of carbonyl (C=O) groups excluding carboxylic acids is 1. The Labute approximate surface area is 101 Å². The van der Waals surface area contributed by atoms with Gasteiger partial charge in [0.1, 0.15) is 5.78 Å². The highest BCUT2D eigenvalue weighted by atomic mass is 16.5. The molecule has 0 N–H and O–H groups in total. The summed E-state index contributed by atoms with van der Waals surface area (Å²) >= 11 is 0.